The van der Waals surface area contributed by atoms with E-state index in [0.29, 0.717) is 6.07 Å². The average molecular weight is 376 g/mol. The highest BCUT2D eigenvalue weighted by Gasteiger charge is 2.39. The molecule has 1 saturated heterocycles. The molecular weight excluding hydrogens is 365 g/mol. The lowest BCUT2D eigenvalue weighted by Gasteiger charge is -2.29. The molecule has 0 aromatic heterocycles. The number of cyclic esters (lactones) is 2. The zero-order valence-corrected chi connectivity index (χ0v) is 13.2. The van der Waals surface area contributed by atoms with Crippen molar-refractivity contribution in [3.63, 3.8) is 0 Å². The predicted octanol–water partition coefficient (Wildman–Crippen LogP) is 2.63. The number of ether oxygens (including phenoxy) is 3. The Morgan fingerprint density at radius 1 is 1.23 bits per heavy atom. The molecule has 9 nitrogen and oxygen atoms in total. The number of carbonyl (C=O) groups is 2. The minimum atomic E-state index is -5.11. The monoisotopic (exact) mass is 376 g/mol. The number of nitro benzene ring substituents is 1. The Morgan fingerprint density at radius 3 is 2.31 bits per heavy atom. The summed E-state index contributed by atoms with van der Waals surface area (Å²) in [6.07, 6.45) is -4.24. The van der Waals surface area contributed by atoms with E-state index in [9.17, 15) is 32.9 Å². The van der Waals surface area contributed by atoms with Crippen LogP contribution in [-0.2, 0) is 19.1 Å². The van der Waals surface area contributed by atoms with Crippen molar-refractivity contribution in [1.82, 2.24) is 0 Å². The van der Waals surface area contributed by atoms with Crippen LogP contribution in [0.15, 0.2) is 30.0 Å². The maximum Gasteiger partial charge on any atom is 0.573 e. The van der Waals surface area contributed by atoms with E-state index in [1.54, 1.807) is 0 Å². The van der Waals surface area contributed by atoms with Crippen molar-refractivity contribution in [3.05, 3.63) is 40.1 Å². The Kier molecular flexibility index (Phi) is 4.78. The summed E-state index contributed by atoms with van der Waals surface area (Å²) in [5.41, 5.74) is -1.58. The van der Waals surface area contributed by atoms with Gasteiger partial charge in [-0.3, -0.25) is 10.1 Å². The number of nitro groups is 1. The van der Waals surface area contributed by atoms with Crippen LogP contribution in [0.5, 0.6) is 5.75 Å². The number of esters is 2. The van der Waals surface area contributed by atoms with E-state index in [2.05, 4.69) is 10.1 Å². The Balaban J connectivity index is 2.25. The van der Waals surface area contributed by atoms with Crippen LogP contribution in [0.3, 0.4) is 0 Å². The number of nitrogens with one attached hydrogen (secondary N) is 1. The van der Waals surface area contributed by atoms with Crippen LogP contribution in [0.2, 0.25) is 0 Å². The van der Waals surface area contributed by atoms with Gasteiger partial charge in [0.1, 0.15) is 0 Å². The molecule has 1 heterocycles. The third-order valence-electron chi connectivity index (χ3n) is 2.88. The van der Waals surface area contributed by atoms with Crippen molar-refractivity contribution in [3.8, 4) is 5.75 Å². The SMILES string of the molecule is CC1(C)OC(=O)C(=CNc2ccc(OC(F)(F)F)c([N+](=O)[O-])c2)C(=O)O1. The number of halogens is 3. The van der Waals surface area contributed by atoms with Gasteiger partial charge in [-0.05, 0) is 12.1 Å². The lowest BCUT2D eigenvalue weighted by Crippen LogP contribution is -2.42. The molecule has 0 atom stereocenters. The Morgan fingerprint density at radius 2 is 1.81 bits per heavy atom. The Hall–Kier alpha value is -3.31. The standard InChI is InChI=1S/C14H11F3N2O7/c1-13(2)25-11(20)8(12(21)26-13)6-18-7-3-4-10(24-14(15,16)17)9(5-7)19(22)23/h3-6,18H,1-2H3. The summed E-state index contributed by atoms with van der Waals surface area (Å²) in [6.45, 7) is 2.69. The van der Waals surface area contributed by atoms with Crippen molar-refractivity contribution < 1.29 is 41.9 Å². The predicted molar refractivity (Wildman–Crippen MR) is 77.7 cm³/mol. The van der Waals surface area contributed by atoms with Gasteiger partial charge in [-0.25, -0.2) is 9.59 Å². The first-order chi connectivity index (χ1) is 11.9. The second-order valence-electron chi connectivity index (χ2n) is 5.37. The van der Waals surface area contributed by atoms with Crippen molar-refractivity contribution in [2.45, 2.75) is 26.0 Å². The lowest BCUT2D eigenvalue weighted by molar-refractivity contribution is -0.388. The molecule has 0 radical (unpaired) electrons. The summed E-state index contributed by atoms with van der Waals surface area (Å²) < 4.78 is 50.0. The van der Waals surface area contributed by atoms with E-state index in [0.717, 1.165) is 18.3 Å². The molecular formula is C14H11F3N2O7. The second-order valence-corrected chi connectivity index (χ2v) is 5.37. The highest BCUT2D eigenvalue weighted by molar-refractivity contribution is 6.15. The van der Waals surface area contributed by atoms with Crippen molar-refractivity contribution in [2.24, 2.45) is 0 Å². The van der Waals surface area contributed by atoms with E-state index in [4.69, 9.17) is 9.47 Å². The number of benzene rings is 1. The topological polar surface area (TPSA) is 117 Å². The molecule has 1 N–H and O–H groups in total. The van der Waals surface area contributed by atoms with Crippen molar-refractivity contribution >= 4 is 23.3 Å². The summed E-state index contributed by atoms with van der Waals surface area (Å²) in [5.74, 6) is -4.45. The number of hydrogen-bond donors (Lipinski definition) is 1. The molecule has 2 rings (SSSR count). The molecule has 1 aliphatic heterocycles. The van der Waals surface area contributed by atoms with Gasteiger partial charge in [0.15, 0.2) is 5.57 Å². The van der Waals surface area contributed by atoms with Crippen molar-refractivity contribution in [1.29, 1.82) is 0 Å². The minimum Gasteiger partial charge on any atom is -0.419 e. The maximum absolute atomic E-state index is 12.3. The normalized spacial score (nSPS) is 16.4. The van der Waals surface area contributed by atoms with Crippen LogP contribution in [0.1, 0.15) is 13.8 Å². The number of nitrogens with zero attached hydrogens (tertiary/aromatic N) is 1. The van der Waals surface area contributed by atoms with Gasteiger partial charge in [-0.15, -0.1) is 13.2 Å². The number of rotatable bonds is 4. The molecule has 1 aromatic rings. The van der Waals surface area contributed by atoms with Crippen LogP contribution >= 0.6 is 0 Å². The van der Waals surface area contributed by atoms with Crippen LogP contribution in [-0.4, -0.2) is 29.0 Å². The van der Waals surface area contributed by atoms with E-state index < -0.39 is 46.0 Å². The summed E-state index contributed by atoms with van der Waals surface area (Å²) in [5, 5.41) is 13.3. The van der Waals surface area contributed by atoms with Gasteiger partial charge in [0.05, 0.1) is 4.92 Å². The number of alkyl halides is 3. The smallest absolute Gasteiger partial charge is 0.419 e. The zero-order valence-electron chi connectivity index (χ0n) is 13.2. The highest BCUT2D eigenvalue weighted by atomic mass is 19.4. The number of hydrogen-bond acceptors (Lipinski definition) is 8. The molecule has 1 aliphatic rings. The molecule has 0 aliphatic carbocycles. The van der Waals surface area contributed by atoms with Gasteiger partial charge < -0.3 is 19.5 Å². The van der Waals surface area contributed by atoms with E-state index in [-0.39, 0.29) is 5.69 Å². The first kappa shape index (κ1) is 19.0. The van der Waals surface area contributed by atoms with Gasteiger partial charge in [0.25, 0.3) is 5.79 Å². The zero-order chi connectivity index (χ0) is 19.7. The van der Waals surface area contributed by atoms with Crippen LogP contribution in [0.25, 0.3) is 0 Å². The molecule has 0 spiro atoms. The third-order valence-corrected chi connectivity index (χ3v) is 2.88. The molecule has 0 bridgehead atoms. The van der Waals surface area contributed by atoms with Gasteiger partial charge >= 0.3 is 24.0 Å². The summed E-state index contributed by atoms with van der Waals surface area (Å²) >= 11 is 0. The molecule has 1 fully saturated rings. The fourth-order valence-corrected chi connectivity index (χ4v) is 1.89. The molecule has 1 aromatic carbocycles. The fourth-order valence-electron chi connectivity index (χ4n) is 1.89. The highest BCUT2D eigenvalue weighted by Crippen LogP contribution is 2.34. The first-order valence-corrected chi connectivity index (χ1v) is 6.85. The molecule has 0 saturated carbocycles. The van der Waals surface area contributed by atoms with Crippen LogP contribution in [0, 0.1) is 10.1 Å². The van der Waals surface area contributed by atoms with Gasteiger partial charge in [-0.1, -0.05) is 0 Å². The summed E-state index contributed by atoms with van der Waals surface area (Å²) in [6, 6.07) is 2.48. The second kappa shape index (κ2) is 6.54. The summed E-state index contributed by atoms with van der Waals surface area (Å²) in [7, 11) is 0. The minimum absolute atomic E-state index is 0.0795. The van der Waals surface area contributed by atoms with Gasteiger partial charge in [-0.2, -0.15) is 0 Å². The van der Waals surface area contributed by atoms with E-state index in [1.807, 2.05) is 0 Å². The van der Waals surface area contributed by atoms with Crippen LogP contribution in [0.4, 0.5) is 24.5 Å². The molecule has 12 heteroatoms. The first-order valence-electron chi connectivity index (χ1n) is 6.85. The summed E-state index contributed by atoms with van der Waals surface area (Å²) in [4.78, 5) is 33.3. The Bertz CT molecular complexity index is 780. The number of carbonyl (C=O) groups excluding carboxylic acids is 2. The molecule has 0 unspecified atom stereocenters. The molecule has 26 heavy (non-hydrogen) atoms. The van der Waals surface area contributed by atoms with E-state index >= 15 is 0 Å². The largest absolute Gasteiger partial charge is 0.573 e. The lowest BCUT2D eigenvalue weighted by atomic mass is 10.2. The molecule has 140 valence electrons. The quantitative estimate of drug-likeness (QED) is 0.280. The number of anilines is 1. The van der Waals surface area contributed by atoms with Gasteiger partial charge in [0, 0.05) is 31.8 Å². The maximum atomic E-state index is 12.3. The van der Waals surface area contributed by atoms with Crippen LogP contribution < -0.4 is 10.1 Å². The molecule has 0 amide bonds. The van der Waals surface area contributed by atoms with Crippen molar-refractivity contribution in [2.75, 3.05) is 5.32 Å². The Labute approximate surface area is 143 Å². The average Bonchev–Trinajstić information content (AvgIpc) is 2.44. The fraction of sp³-hybridized carbons (Fsp3) is 0.286. The van der Waals surface area contributed by atoms with Gasteiger partial charge in [0.2, 0.25) is 5.75 Å². The third kappa shape index (κ3) is 4.62. The van der Waals surface area contributed by atoms with E-state index in [1.165, 1.54) is 13.8 Å².